The third-order valence-electron chi connectivity index (χ3n) is 4.91. The average molecular weight is 442 g/mol. The molecule has 4 rings (SSSR count). The van der Waals surface area contributed by atoms with Gasteiger partial charge in [-0.15, -0.1) is 0 Å². The zero-order valence-electron chi connectivity index (χ0n) is 17.0. The summed E-state index contributed by atoms with van der Waals surface area (Å²) in [5, 5.41) is 3.95. The Kier molecular flexibility index (Phi) is 6.12. The molecule has 9 nitrogen and oxygen atoms in total. The molecule has 0 bridgehead atoms. The smallest absolute Gasteiger partial charge is 0.254 e. The Morgan fingerprint density at radius 2 is 1.84 bits per heavy atom. The van der Waals surface area contributed by atoms with Crippen LogP contribution in [0.25, 0.3) is 11.4 Å². The highest BCUT2D eigenvalue weighted by molar-refractivity contribution is 7.89. The van der Waals surface area contributed by atoms with Crippen molar-refractivity contribution in [1.29, 1.82) is 0 Å². The maximum absolute atomic E-state index is 12.9. The van der Waals surface area contributed by atoms with Crippen molar-refractivity contribution in [2.75, 3.05) is 33.4 Å². The van der Waals surface area contributed by atoms with Gasteiger partial charge in [-0.25, -0.2) is 8.42 Å². The number of hydrogen-bond donors (Lipinski definition) is 0. The summed E-state index contributed by atoms with van der Waals surface area (Å²) < 4.78 is 37.6. The summed E-state index contributed by atoms with van der Waals surface area (Å²) in [7, 11) is -2.09. The summed E-state index contributed by atoms with van der Waals surface area (Å²) in [5.74, 6) is 0.375. The van der Waals surface area contributed by atoms with Crippen molar-refractivity contribution in [3.63, 3.8) is 0 Å². The molecule has 0 radical (unpaired) electrons. The first-order valence-electron chi connectivity index (χ1n) is 9.76. The van der Waals surface area contributed by atoms with Crippen LogP contribution in [0.3, 0.4) is 0 Å². The molecule has 0 aliphatic carbocycles. The van der Waals surface area contributed by atoms with Crippen molar-refractivity contribution < 1.29 is 22.5 Å². The minimum atomic E-state index is -3.69. The van der Waals surface area contributed by atoms with Crippen molar-refractivity contribution in [1.82, 2.24) is 19.3 Å². The molecule has 1 saturated heterocycles. The Labute approximate surface area is 180 Å². The monoisotopic (exact) mass is 442 g/mol. The van der Waals surface area contributed by atoms with Gasteiger partial charge in [0.05, 0.1) is 24.7 Å². The molecular formula is C21H22N4O5S. The highest BCUT2D eigenvalue weighted by atomic mass is 32.2. The molecule has 1 aliphatic rings. The largest absolute Gasteiger partial charge is 0.379 e. The van der Waals surface area contributed by atoms with Gasteiger partial charge in [0.15, 0.2) is 0 Å². The zero-order chi connectivity index (χ0) is 21.8. The molecule has 1 aromatic heterocycles. The number of benzene rings is 2. The standard InChI is InChI=1S/C21H22N4O5S/c1-24(15-19-22-20(23-30-19)16-6-3-2-4-7-16)21(26)17-8-5-9-18(14-17)31(27,28)25-10-12-29-13-11-25/h2-9,14H,10-13,15H2,1H3. The molecule has 0 saturated carbocycles. The Balaban J connectivity index is 1.48. The maximum Gasteiger partial charge on any atom is 0.254 e. The summed E-state index contributed by atoms with van der Waals surface area (Å²) in [6.07, 6.45) is 0. The van der Waals surface area contributed by atoms with Crippen molar-refractivity contribution in [3.8, 4) is 11.4 Å². The summed E-state index contributed by atoms with van der Waals surface area (Å²) in [6.45, 7) is 1.40. The van der Waals surface area contributed by atoms with E-state index in [-0.39, 0.29) is 28.8 Å². The molecule has 1 fully saturated rings. The van der Waals surface area contributed by atoms with Gasteiger partial charge in [0.2, 0.25) is 21.7 Å². The molecule has 0 atom stereocenters. The molecule has 2 heterocycles. The molecule has 0 unspecified atom stereocenters. The number of aromatic nitrogens is 2. The van der Waals surface area contributed by atoms with Gasteiger partial charge < -0.3 is 14.2 Å². The minimum absolute atomic E-state index is 0.0813. The number of morpholine rings is 1. The van der Waals surface area contributed by atoms with Gasteiger partial charge in [0, 0.05) is 31.3 Å². The summed E-state index contributed by atoms with van der Waals surface area (Å²) >= 11 is 0. The second kappa shape index (κ2) is 8.96. The van der Waals surface area contributed by atoms with E-state index in [1.54, 1.807) is 19.2 Å². The number of amides is 1. The van der Waals surface area contributed by atoms with E-state index in [1.165, 1.54) is 21.3 Å². The van der Waals surface area contributed by atoms with Crippen LogP contribution in [0, 0.1) is 0 Å². The summed E-state index contributed by atoms with van der Waals surface area (Å²) in [6, 6.07) is 15.4. The van der Waals surface area contributed by atoms with Gasteiger partial charge in [0.25, 0.3) is 5.91 Å². The molecule has 10 heteroatoms. The van der Waals surface area contributed by atoms with Crippen LogP contribution < -0.4 is 0 Å². The van der Waals surface area contributed by atoms with Crippen LogP contribution in [0.1, 0.15) is 16.2 Å². The van der Waals surface area contributed by atoms with Crippen LogP contribution in [0.15, 0.2) is 64.0 Å². The number of sulfonamides is 1. The normalized spacial score (nSPS) is 15.0. The van der Waals surface area contributed by atoms with Crippen LogP contribution in [0.5, 0.6) is 0 Å². The number of hydrogen-bond acceptors (Lipinski definition) is 7. The van der Waals surface area contributed by atoms with Gasteiger partial charge in [-0.1, -0.05) is 41.6 Å². The Morgan fingerprint density at radius 3 is 2.58 bits per heavy atom. The topological polar surface area (TPSA) is 106 Å². The van der Waals surface area contributed by atoms with Crippen molar-refractivity contribution >= 4 is 15.9 Å². The van der Waals surface area contributed by atoms with Crippen molar-refractivity contribution in [2.24, 2.45) is 0 Å². The van der Waals surface area contributed by atoms with Gasteiger partial charge in [-0.3, -0.25) is 4.79 Å². The quantitative estimate of drug-likeness (QED) is 0.575. The highest BCUT2D eigenvalue weighted by Gasteiger charge is 2.27. The van der Waals surface area contributed by atoms with E-state index in [4.69, 9.17) is 9.26 Å². The van der Waals surface area contributed by atoms with Crippen LogP contribution >= 0.6 is 0 Å². The van der Waals surface area contributed by atoms with E-state index in [0.29, 0.717) is 32.1 Å². The SMILES string of the molecule is CN(Cc1nc(-c2ccccc2)no1)C(=O)c1cccc(S(=O)(=O)N2CCOCC2)c1. The lowest BCUT2D eigenvalue weighted by Crippen LogP contribution is -2.40. The Bertz CT molecular complexity index is 1160. The lowest BCUT2D eigenvalue weighted by molar-refractivity contribution is 0.0730. The number of nitrogens with zero attached hydrogens (tertiary/aromatic N) is 4. The van der Waals surface area contributed by atoms with Crippen molar-refractivity contribution in [3.05, 3.63) is 66.1 Å². The van der Waals surface area contributed by atoms with Crippen LogP contribution in [-0.2, 0) is 21.3 Å². The molecular weight excluding hydrogens is 420 g/mol. The molecule has 1 amide bonds. The number of carbonyl (C=O) groups excluding carboxylic acids is 1. The van der Waals surface area contributed by atoms with E-state index >= 15 is 0 Å². The molecule has 0 N–H and O–H groups in total. The van der Waals surface area contributed by atoms with Crippen LogP contribution in [0.2, 0.25) is 0 Å². The molecule has 1 aliphatic heterocycles. The van der Waals surface area contributed by atoms with Crippen LogP contribution in [-0.4, -0.2) is 67.0 Å². The zero-order valence-corrected chi connectivity index (χ0v) is 17.8. The third-order valence-corrected chi connectivity index (χ3v) is 6.80. The Hall–Kier alpha value is -3.08. The second-order valence-electron chi connectivity index (χ2n) is 7.08. The van der Waals surface area contributed by atoms with E-state index in [0.717, 1.165) is 5.56 Å². The lowest BCUT2D eigenvalue weighted by atomic mass is 10.2. The number of carbonyl (C=O) groups is 1. The highest BCUT2D eigenvalue weighted by Crippen LogP contribution is 2.20. The van der Waals surface area contributed by atoms with Gasteiger partial charge in [-0.05, 0) is 18.2 Å². The lowest BCUT2D eigenvalue weighted by Gasteiger charge is -2.26. The van der Waals surface area contributed by atoms with E-state index in [2.05, 4.69) is 10.1 Å². The predicted octanol–water partition coefficient (Wildman–Crippen LogP) is 2.03. The van der Waals surface area contributed by atoms with Gasteiger partial charge in [-0.2, -0.15) is 9.29 Å². The fourth-order valence-electron chi connectivity index (χ4n) is 3.24. The van der Waals surface area contributed by atoms with Crippen LogP contribution in [0.4, 0.5) is 0 Å². The van der Waals surface area contributed by atoms with Crippen molar-refractivity contribution in [2.45, 2.75) is 11.4 Å². The fraction of sp³-hybridized carbons (Fsp3) is 0.286. The second-order valence-corrected chi connectivity index (χ2v) is 9.02. The molecule has 31 heavy (non-hydrogen) atoms. The summed E-state index contributed by atoms with van der Waals surface area (Å²) in [5.41, 5.74) is 1.08. The summed E-state index contributed by atoms with van der Waals surface area (Å²) in [4.78, 5) is 18.7. The first-order valence-corrected chi connectivity index (χ1v) is 11.2. The minimum Gasteiger partial charge on any atom is -0.379 e. The predicted molar refractivity (Wildman–Crippen MR) is 112 cm³/mol. The molecule has 0 spiro atoms. The fourth-order valence-corrected chi connectivity index (χ4v) is 4.70. The molecule has 3 aromatic rings. The van der Waals surface area contributed by atoms with E-state index in [9.17, 15) is 13.2 Å². The Morgan fingerprint density at radius 1 is 1.10 bits per heavy atom. The molecule has 2 aromatic carbocycles. The van der Waals surface area contributed by atoms with Gasteiger partial charge >= 0.3 is 0 Å². The first-order chi connectivity index (χ1) is 14.9. The van der Waals surface area contributed by atoms with Gasteiger partial charge in [0.1, 0.15) is 0 Å². The van der Waals surface area contributed by atoms with E-state index in [1.807, 2.05) is 30.3 Å². The number of rotatable bonds is 6. The molecule has 162 valence electrons. The average Bonchev–Trinajstić information content (AvgIpc) is 3.28. The third kappa shape index (κ3) is 4.66. The maximum atomic E-state index is 12.9. The first kappa shape index (κ1) is 21.2. The van der Waals surface area contributed by atoms with E-state index < -0.39 is 10.0 Å². The number of ether oxygens (including phenoxy) is 1.